The highest BCUT2D eigenvalue weighted by molar-refractivity contribution is 5.94. The Balaban J connectivity index is 2.77. The summed E-state index contributed by atoms with van der Waals surface area (Å²) in [7, 11) is 1.53. The third-order valence-corrected chi connectivity index (χ3v) is 2.50. The second-order valence-corrected chi connectivity index (χ2v) is 3.83. The molecule has 5 nitrogen and oxygen atoms in total. The van der Waals surface area contributed by atoms with Gasteiger partial charge in [-0.05, 0) is 25.1 Å². The second kappa shape index (κ2) is 8.97. The molecule has 0 unspecified atom stereocenters. The molecule has 0 radical (unpaired) electrons. The van der Waals surface area contributed by atoms with Crippen molar-refractivity contribution in [3.63, 3.8) is 0 Å². The molecule has 0 heterocycles. The van der Waals surface area contributed by atoms with Crippen molar-refractivity contribution in [1.82, 2.24) is 5.32 Å². The van der Waals surface area contributed by atoms with Gasteiger partial charge in [-0.3, -0.25) is 4.79 Å². The molecular formula is C15H19NO4. The van der Waals surface area contributed by atoms with Crippen molar-refractivity contribution >= 4 is 5.91 Å². The minimum atomic E-state index is -0.242. The molecule has 0 saturated heterocycles. The third kappa shape index (κ3) is 4.92. The van der Waals surface area contributed by atoms with E-state index in [4.69, 9.17) is 14.6 Å². The highest BCUT2D eigenvalue weighted by Gasteiger charge is 2.08. The Labute approximate surface area is 118 Å². The van der Waals surface area contributed by atoms with Gasteiger partial charge in [-0.1, -0.05) is 11.8 Å². The molecule has 0 aromatic heterocycles. The van der Waals surface area contributed by atoms with Crippen molar-refractivity contribution in [2.75, 3.05) is 33.5 Å². The summed E-state index contributed by atoms with van der Waals surface area (Å²) in [6, 6.07) is 4.98. The molecule has 0 aliphatic rings. The highest BCUT2D eigenvalue weighted by Crippen LogP contribution is 2.18. The average Bonchev–Trinajstić information content (AvgIpc) is 2.49. The quantitative estimate of drug-likeness (QED) is 0.596. The monoisotopic (exact) mass is 277 g/mol. The number of aliphatic hydroxyl groups is 1. The molecule has 0 aliphatic carbocycles. The Morgan fingerprint density at radius 1 is 1.45 bits per heavy atom. The van der Waals surface area contributed by atoms with Crippen LogP contribution in [0.2, 0.25) is 0 Å². The first-order valence-electron chi connectivity index (χ1n) is 6.36. The van der Waals surface area contributed by atoms with Gasteiger partial charge in [-0.25, -0.2) is 0 Å². The summed E-state index contributed by atoms with van der Waals surface area (Å²) in [6.07, 6.45) is 0. The van der Waals surface area contributed by atoms with Crippen molar-refractivity contribution in [3.05, 3.63) is 29.3 Å². The van der Waals surface area contributed by atoms with E-state index in [-0.39, 0.29) is 12.5 Å². The summed E-state index contributed by atoms with van der Waals surface area (Å²) in [6.45, 7) is 3.22. The number of methoxy groups -OCH3 is 1. The van der Waals surface area contributed by atoms with Crippen LogP contribution in [0.5, 0.6) is 5.75 Å². The molecule has 1 aromatic rings. The number of hydrogen-bond donors (Lipinski definition) is 2. The van der Waals surface area contributed by atoms with Crippen LogP contribution in [-0.2, 0) is 4.74 Å². The fourth-order valence-corrected chi connectivity index (χ4v) is 1.56. The smallest absolute Gasteiger partial charge is 0.251 e. The number of carbonyl (C=O) groups is 1. The molecule has 2 N–H and O–H groups in total. The normalized spacial score (nSPS) is 9.55. The maximum atomic E-state index is 11.9. The molecule has 0 fully saturated rings. The summed E-state index contributed by atoms with van der Waals surface area (Å²) >= 11 is 0. The van der Waals surface area contributed by atoms with Crippen molar-refractivity contribution < 1.29 is 19.4 Å². The molecule has 1 aromatic carbocycles. The number of benzene rings is 1. The average molecular weight is 277 g/mol. The summed E-state index contributed by atoms with van der Waals surface area (Å²) in [5, 5.41) is 11.5. The van der Waals surface area contributed by atoms with E-state index in [1.807, 2.05) is 6.92 Å². The van der Waals surface area contributed by atoms with E-state index < -0.39 is 0 Å². The minimum Gasteiger partial charge on any atom is -0.495 e. The van der Waals surface area contributed by atoms with Crippen LogP contribution in [0, 0.1) is 11.8 Å². The lowest BCUT2D eigenvalue weighted by Crippen LogP contribution is -2.27. The maximum Gasteiger partial charge on any atom is 0.251 e. The molecule has 20 heavy (non-hydrogen) atoms. The predicted molar refractivity (Wildman–Crippen MR) is 75.8 cm³/mol. The Morgan fingerprint density at radius 3 is 2.90 bits per heavy atom. The van der Waals surface area contributed by atoms with Crippen molar-refractivity contribution in [2.45, 2.75) is 6.92 Å². The number of aliphatic hydroxyl groups excluding tert-OH is 1. The SMILES string of the molecule is CCOCCNC(=O)c1ccc(OC)c(C#CCO)c1. The molecule has 0 atom stereocenters. The number of amides is 1. The second-order valence-electron chi connectivity index (χ2n) is 3.83. The molecule has 0 spiro atoms. The van der Waals surface area contributed by atoms with Crippen molar-refractivity contribution in [1.29, 1.82) is 0 Å². The van der Waals surface area contributed by atoms with Gasteiger partial charge in [0.15, 0.2) is 0 Å². The summed E-state index contributed by atoms with van der Waals surface area (Å²) < 4.78 is 10.3. The van der Waals surface area contributed by atoms with Crippen molar-refractivity contribution in [3.8, 4) is 17.6 Å². The van der Waals surface area contributed by atoms with Crippen LogP contribution in [0.4, 0.5) is 0 Å². The topological polar surface area (TPSA) is 67.8 Å². The van der Waals surface area contributed by atoms with E-state index in [0.29, 0.717) is 36.6 Å². The first-order valence-corrected chi connectivity index (χ1v) is 6.36. The van der Waals surface area contributed by atoms with E-state index >= 15 is 0 Å². The van der Waals surface area contributed by atoms with Gasteiger partial charge < -0.3 is 19.9 Å². The van der Waals surface area contributed by atoms with Gasteiger partial charge in [-0.15, -0.1) is 0 Å². The standard InChI is InChI=1S/C15H19NO4/c1-3-20-10-8-16-15(18)13-6-7-14(19-2)12(11-13)5-4-9-17/h6-7,11,17H,3,8-10H2,1-2H3,(H,16,18). The number of carbonyl (C=O) groups excluding carboxylic acids is 1. The van der Waals surface area contributed by atoms with Gasteiger partial charge >= 0.3 is 0 Å². The Kier molecular flexibility index (Phi) is 7.18. The molecule has 0 aliphatic heterocycles. The molecular weight excluding hydrogens is 258 g/mol. The van der Waals surface area contributed by atoms with E-state index in [1.165, 1.54) is 7.11 Å². The fourth-order valence-electron chi connectivity index (χ4n) is 1.56. The molecule has 108 valence electrons. The van der Waals surface area contributed by atoms with Gasteiger partial charge in [-0.2, -0.15) is 0 Å². The third-order valence-electron chi connectivity index (χ3n) is 2.50. The van der Waals surface area contributed by atoms with E-state index in [0.717, 1.165) is 0 Å². The van der Waals surface area contributed by atoms with Gasteiger partial charge in [0.05, 0.1) is 19.3 Å². The Bertz CT molecular complexity index is 502. The predicted octanol–water partition coefficient (Wildman–Crippen LogP) is 0.805. The van der Waals surface area contributed by atoms with Crippen LogP contribution in [0.25, 0.3) is 0 Å². The molecule has 5 heteroatoms. The highest BCUT2D eigenvalue weighted by atomic mass is 16.5. The van der Waals surface area contributed by atoms with Gasteiger partial charge in [0, 0.05) is 18.7 Å². The van der Waals surface area contributed by atoms with Crippen LogP contribution in [0.15, 0.2) is 18.2 Å². The van der Waals surface area contributed by atoms with Crippen LogP contribution in [0.1, 0.15) is 22.8 Å². The molecule has 0 bridgehead atoms. The van der Waals surface area contributed by atoms with Crippen LogP contribution < -0.4 is 10.1 Å². The van der Waals surface area contributed by atoms with Crippen LogP contribution in [0.3, 0.4) is 0 Å². The van der Waals surface area contributed by atoms with Gasteiger partial charge in [0.2, 0.25) is 0 Å². The molecule has 1 amide bonds. The number of rotatable bonds is 6. The lowest BCUT2D eigenvalue weighted by Gasteiger charge is -2.08. The molecule has 1 rings (SSSR count). The van der Waals surface area contributed by atoms with E-state index in [1.54, 1.807) is 18.2 Å². The fraction of sp³-hybridized carbons (Fsp3) is 0.400. The van der Waals surface area contributed by atoms with Gasteiger partial charge in [0.1, 0.15) is 12.4 Å². The van der Waals surface area contributed by atoms with Crippen LogP contribution in [-0.4, -0.2) is 44.5 Å². The number of nitrogens with one attached hydrogen (secondary N) is 1. The zero-order valence-corrected chi connectivity index (χ0v) is 11.7. The van der Waals surface area contributed by atoms with E-state index in [2.05, 4.69) is 17.2 Å². The number of hydrogen-bond acceptors (Lipinski definition) is 4. The zero-order chi connectivity index (χ0) is 14.8. The van der Waals surface area contributed by atoms with Crippen LogP contribution >= 0.6 is 0 Å². The lowest BCUT2D eigenvalue weighted by atomic mass is 10.1. The first kappa shape index (κ1) is 16.0. The number of ether oxygens (including phenoxy) is 2. The molecule has 0 saturated carbocycles. The first-order chi connectivity index (χ1) is 9.72. The summed E-state index contributed by atoms with van der Waals surface area (Å²) in [4.78, 5) is 11.9. The minimum absolute atomic E-state index is 0.195. The largest absolute Gasteiger partial charge is 0.495 e. The summed E-state index contributed by atoms with van der Waals surface area (Å²) in [5.74, 6) is 5.67. The zero-order valence-electron chi connectivity index (χ0n) is 11.7. The lowest BCUT2D eigenvalue weighted by molar-refractivity contribution is 0.0922. The Hall–Kier alpha value is -2.03. The summed E-state index contributed by atoms with van der Waals surface area (Å²) in [5.41, 5.74) is 1.06. The maximum absolute atomic E-state index is 11.9. The Morgan fingerprint density at radius 2 is 2.25 bits per heavy atom. The van der Waals surface area contributed by atoms with Gasteiger partial charge in [0.25, 0.3) is 5.91 Å². The van der Waals surface area contributed by atoms with Crippen molar-refractivity contribution in [2.24, 2.45) is 0 Å². The van der Waals surface area contributed by atoms with E-state index in [9.17, 15) is 4.79 Å².